The Labute approximate surface area is 314 Å². The van der Waals surface area contributed by atoms with Crippen LogP contribution in [0.3, 0.4) is 0 Å². The van der Waals surface area contributed by atoms with Crippen molar-refractivity contribution in [3.05, 3.63) is 129 Å². The fourth-order valence-electron chi connectivity index (χ4n) is 6.12. The van der Waals surface area contributed by atoms with Crippen molar-refractivity contribution in [3.8, 4) is 11.5 Å². The van der Waals surface area contributed by atoms with E-state index in [9.17, 15) is 10.2 Å². The second-order valence-corrected chi connectivity index (χ2v) is 20.9. The molecule has 0 unspecified atom stereocenters. The van der Waals surface area contributed by atoms with Crippen molar-refractivity contribution < 1.29 is 23.3 Å². The second-order valence-electron chi connectivity index (χ2n) is 17.4. The third-order valence-electron chi connectivity index (χ3n) is 9.26. The quantitative estimate of drug-likeness (QED) is 0.191. The summed E-state index contributed by atoms with van der Waals surface area (Å²) in [7, 11) is 0. The summed E-state index contributed by atoms with van der Waals surface area (Å²) in [6, 6.07) is 29.6. The van der Waals surface area contributed by atoms with Gasteiger partial charge in [0.05, 0.1) is 0 Å². The summed E-state index contributed by atoms with van der Waals surface area (Å²) in [6.45, 7) is 26.0. The number of hydrogen-bond donors (Lipinski definition) is 2. The molecule has 50 heavy (non-hydrogen) atoms. The van der Waals surface area contributed by atoms with Crippen molar-refractivity contribution >= 4 is 29.4 Å². The minimum absolute atomic E-state index is 0. The molecule has 1 aliphatic heterocycles. The molecular weight excluding hydrogens is 727 g/mol. The number of phenolic OH excluding ortho intramolecular Hbond substituents is 2. The first-order valence-corrected chi connectivity index (χ1v) is 19.4. The molecule has 1 heterocycles. The fraction of sp³-hybridized carbons (Fsp3) is 0.409. The van der Waals surface area contributed by atoms with Crippen molar-refractivity contribution in [1.82, 2.24) is 0 Å². The maximum atomic E-state index is 11.7. The molecule has 0 amide bonds. The van der Waals surface area contributed by atoms with Crippen molar-refractivity contribution in [2.75, 3.05) is 0 Å². The van der Waals surface area contributed by atoms with Crippen LogP contribution in [0.1, 0.15) is 137 Å². The molecule has 1 aliphatic rings. The van der Waals surface area contributed by atoms with Gasteiger partial charge in [0.2, 0.25) is 0 Å². The van der Waals surface area contributed by atoms with Gasteiger partial charge in [0, 0.05) is 0 Å². The third kappa shape index (κ3) is 8.14. The number of nitrogens with zero attached hydrogens (tertiary/aromatic N) is 2. The van der Waals surface area contributed by atoms with Crippen LogP contribution >= 0.6 is 17.0 Å². The molecule has 271 valence electrons. The van der Waals surface area contributed by atoms with E-state index < -0.39 is 13.0 Å². The monoisotopic (exact) mass is 783 g/mol. The van der Waals surface area contributed by atoms with E-state index in [1.807, 2.05) is 24.6 Å². The third-order valence-corrected chi connectivity index (χ3v) is 13.3. The summed E-state index contributed by atoms with van der Waals surface area (Å²) in [6.07, 6.45) is 3.77. The Morgan fingerprint density at radius 3 is 1.10 bits per heavy atom. The summed E-state index contributed by atoms with van der Waals surface area (Å²) in [5.41, 5.74) is 7.22. The van der Waals surface area contributed by atoms with Crippen LogP contribution in [-0.4, -0.2) is 22.6 Å². The molecule has 0 radical (unpaired) electrons. The van der Waals surface area contributed by atoms with E-state index in [0.29, 0.717) is 11.1 Å². The summed E-state index contributed by atoms with van der Waals surface area (Å²) in [5, 5.41) is 23.4. The molecule has 0 spiro atoms. The molecule has 0 bridgehead atoms. The second kappa shape index (κ2) is 14.1. The van der Waals surface area contributed by atoms with E-state index in [0.717, 1.165) is 22.3 Å². The van der Waals surface area contributed by atoms with Crippen molar-refractivity contribution in [2.24, 2.45) is 8.08 Å². The van der Waals surface area contributed by atoms with Gasteiger partial charge in [-0.25, -0.2) is 0 Å². The molecule has 2 N–H and O–H groups in total. The predicted molar refractivity (Wildman–Crippen MR) is 215 cm³/mol. The Bertz CT molecular complexity index is 1730. The SMILES string of the molecule is Br.CC(C)(C)c1cc(C=[N][Co]2([N]=Cc3cc(C(C)(C)C)cc(C(C)(C)C)c3O)[C@H](c3ccccc3)[C@H]2c2ccccc2)c(O)c(C(C)(C)C)c1. The molecule has 4 aromatic rings. The average molecular weight is 785 g/mol. The average Bonchev–Trinajstić information content (AvgIpc) is 3.67. The Balaban J connectivity index is 0.00000562. The van der Waals surface area contributed by atoms with Crippen LogP contribution in [0.4, 0.5) is 0 Å². The fourth-order valence-corrected chi connectivity index (χ4v) is 10.5. The van der Waals surface area contributed by atoms with E-state index in [1.54, 1.807) is 0 Å². The van der Waals surface area contributed by atoms with E-state index in [2.05, 4.69) is 156 Å². The van der Waals surface area contributed by atoms with E-state index in [1.165, 1.54) is 11.1 Å². The summed E-state index contributed by atoms with van der Waals surface area (Å²) < 4.78 is 11.0. The van der Waals surface area contributed by atoms with Crippen LogP contribution in [0.15, 0.2) is 93.0 Å². The number of aromatic hydroxyl groups is 2. The van der Waals surface area contributed by atoms with Crippen LogP contribution < -0.4 is 0 Å². The molecule has 6 heteroatoms. The van der Waals surface area contributed by atoms with E-state index in [-0.39, 0.29) is 59.8 Å². The van der Waals surface area contributed by atoms with Crippen LogP contribution in [0.25, 0.3) is 0 Å². The summed E-state index contributed by atoms with van der Waals surface area (Å²) in [4.78, 5) is 0.124. The number of benzene rings is 4. The molecular formula is C44H57BrCoN2O2. The summed E-state index contributed by atoms with van der Waals surface area (Å²) in [5.74, 6) is 0.539. The molecule has 1 fully saturated rings. The molecule has 4 aromatic carbocycles. The first-order valence-electron chi connectivity index (χ1n) is 17.3. The molecule has 5 rings (SSSR count). The van der Waals surface area contributed by atoms with Crippen LogP contribution in [0.2, 0.25) is 0 Å². The van der Waals surface area contributed by atoms with Gasteiger partial charge in [0.25, 0.3) is 0 Å². The minimum atomic E-state index is -2.51. The Morgan fingerprint density at radius 1 is 0.500 bits per heavy atom. The molecule has 4 nitrogen and oxygen atoms in total. The molecule has 2 atom stereocenters. The standard InChI is InChI=1S/2C15H22NO.C14H12.BrH.Co/c2*1-14(2,3)11-7-10(9-16)13(17)12(8-11)15(4,5)6;1-3-7-13(8-4-1)11-12-14-9-5-2-6-10-14;;/h2*7-9,17H,1-6H3;1-12H;1H;/q2*-1;;;+2. The van der Waals surface area contributed by atoms with Gasteiger partial charge in [0.15, 0.2) is 0 Å². The predicted octanol–water partition coefficient (Wildman–Crippen LogP) is 11.9. The van der Waals surface area contributed by atoms with Gasteiger partial charge >= 0.3 is 299 Å². The topological polar surface area (TPSA) is 65.2 Å². The maximum absolute atomic E-state index is 11.7. The van der Waals surface area contributed by atoms with Crippen LogP contribution in [-0.2, 0) is 34.7 Å². The van der Waals surface area contributed by atoms with Gasteiger partial charge in [0.1, 0.15) is 0 Å². The zero-order valence-electron chi connectivity index (χ0n) is 31.9. The van der Waals surface area contributed by atoms with Gasteiger partial charge in [-0.3, -0.25) is 0 Å². The van der Waals surface area contributed by atoms with Gasteiger partial charge in [-0.05, 0) is 0 Å². The number of halogens is 1. The van der Waals surface area contributed by atoms with Gasteiger partial charge in [-0.2, -0.15) is 0 Å². The van der Waals surface area contributed by atoms with Crippen molar-refractivity contribution in [2.45, 2.75) is 114 Å². The molecule has 0 aromatic heterocycles. The summed E-state index contributed by atoms with van der Waals surface area (Å²) >= 11 is -2.51. The molecule has 0 aliphatic carbocycles. The Kier molecular flexibility index (Phi) is 11.2. The Hall–Kier alpha value is -3.19. The number of phenols is 2. The molecule has 1 saturated heterocycles. The van der Waals surface area contributed by atoms with E-state index >= 15 is 0 Å². The van der Waals surface area contributed by atoms with E-state index in [4.69, 9.17) is 8.08 Å². The van der Waals surface area contributed by atoms with Gasteiger partial charge in [-0.15, -0.1) is 17.0 Å². The molecule has 0 saturated carbocycles. The zero-order valence-corrected chi connectivity index (χ0v) is 34.7. The van der Waals surface area contributed by atoms with Gasteiger partial charge < -0.3 is 0 Å². The Morgan fingerprint density at radius 2 is 0.820 bits per heavy atom. The van der Waals surface area contributed by atoms with Crippen molar-refractivity contribution in [1.29, 1.82) is 0 Å². The van der Waals surface area contributed by atoms with Crippen LogP contribution in [0.5, 0.6) is 11.5 Å². The number of rotatable bonds is 6. The van der Waals surface area contributed by atoms with Gasteiger partial charge in [-0.1, -0.05) is 0 Å². The van der Waals surface area contributed by atoms with Crippen LogP contribution in [0, 0.1) is 0 Å². The van der Waals surface area contributed by atoms with Crippen molar-refractivity contribution in [3.63, 3.8) is 0 Å². The number of hydrogen-bond acceptors (Lipinski definition) is 4. The first kappa shape index (κ1) is 39.6. The first-order chi connectivity index (χ1) is 22.6. The normalized spacial score (nSPS) is 21.2. The zero-order chi connectivity index (χ0) is 36.2.